The lowest BCUT2D eigenvalue weighted by molar-refractivity contribution is -0.133. The van der Waals surface area contributed by atoms with Gasteiger partial charge < -0.3 is 9.80 Å². The molecule has 0 spiro atoms. The first-order valence-electron chi connectivity index (χ1n) is 8.14. The van der Waals surface area contributed by atoms with Gasteiger partial charge in [0.05, 0.1) is 5.69 Å². The summed E-state index contributed by atoms with van der Waals surface area (Å²) in [4.78, 5) is 28.5. The van der Waals surface area contributed by atoms with Crippen molar-refractivity contribution in [3.05, 3.63) is 52.3 Å². The molecule has 0 radical (unpaired) electrons. The highest BCUT2D eigenvalue weighted by atomic mass is 16.2. The Hall–Kier alpha value is -2.47. The first kappa shape index (κ1) is 16.4. The van der Waals surface area contributed by atoms with E-state index in [2.05, 4.69) is 10.00 Å². The average molecular weight is 326 g/mol. The van der Waals surface area contributed by atoms with Crippen LogP contribution in [0.3, 0.4) is 0 Å². The van der Waals surface area contributed by atoms with Crippen LogP contribution in [0, 0.1) is 6.92 Å². The van der Waals surface area contributed by atoms with Crippen LogP contribution < -0.4 is 5.56 Å². The van der Waals surface area contributed by atoms with E-state index in [1.807, 2.05) is 38.2 Å². The van der Waals surface area contributed by atoms with Crippen molar-refractivity contribution in [2.75, 3.05) is 33.2 Å². The molecule has 1 amide bonds. The normalized spacial score (nSPS) is 15.5. The van der Waals surface area contributed by atoms with Gasteiger partial charge in [0.25, 0.3) is 5.56 Å². The molecule has 2 aromatic rings. The monoisotopic (exact) mass is 326 g/mol. The van der Waals surface area contributed by atoms with Gasteiger partial charge in [-0.3, -0.25) is 9.59 Å². The van der Waals surface area contributed by atoms with E-state index in [4.69, 9.17) is 0 Å². The van der Waals surface area contributed by atoms with Crippen molar-refractivity contribution in [1.29, 1.82) is 0 Å². The van der Waals surface area contributed by atoms with Gasteiger partial charge in [0, 0.05) is 37.8 Å². The van der Waals surface area contributed by atoms with Gasteiger partial charge >= 0.3 is 0 Å². The summed E-state index contributed by atoms with van der Waals surface area (Å²) >= 11 is 0. The summed E-state index contributed by atoms with van der Waals surface area (Å²) in [7, 11) is 2.04. The van der Waals surface area contributed by atoms with Gasteiger partial charge in [-0.25, -0.2) is 4.68 Å². The fourth-order valence-corrected chi connectivity index (χ4v) is 2.72. The van der Waals surface area contributed by atoms with E-state index in [9.17, 15) is 9.59 Å². The van der Waals surface area contributed by atoms with Crippen molar-refractivity contribution in [3.63, 3.8) is 0 Å². The Morgan fingerprint density at radius 1 is 1.04 bits per heavy atom. The van der Waals surface area contributed by atoms with Crippen LogP contribution >= 0.6 is 0 Å². The number of carbonyl (C=O) groups excluding carboxylic acids is 1. The fourth-order valence-electron chi connectivity index (χ4n) is 2.72. The van der Waals surface area contributed by atoms with Gasteiger partial charge in [0.15, 0.2) is 0 Å². The summed E-state index contributed by atoms with van der Waals surface area (Å²) < 4.78 is 1.26. The van der Waals surface area contributed by atoms with Crippen molar-refractivity contribution in [2.45, 2.75) is 13.5 Å². The second kappa shape index (κ2) is 6.97. The number of piperazine rings is 1. The first-order valence-corrected chi connectivity index (χ1v) is 8.14. The third kappa shape index (κ3) is 3.71. The lowest BCUT2D eigenvalue weighted by Gasteiger charge is -2.32. The third-order valence-electron chi connectivity index (χ3n) is 4.35. The van der Waals surface area contributed by atoms with Crippen LogP contribution in [0.1, 0.15) is 5.56 Å². The van der Waals surface area contributed by atoms with Gasteiger partial charge in [0.1, 0.15) is 6.54 Å². The molecule has 0 saturated carbocycles. The van der Waals surface area contributed by atoms with E-state index in [0.717, 1.165) is 24.2 Å². The number of likely N-dealkylation sites (N-methyl/N-ethyl adjacent to an activating group) is 1. The molecule has 6 heteroatoms. The largest absolute Gasteiger partial charge is 0.339 e. The molecule has 1 fully saturated rings. The molecule has 0 bridgehead atoms. The molecule has 1 aromatic carbocycles. The number of carbonyl (C=O) groups is 1. The second-order valence-electron chi connectivity index (χ2n) is 6.26. The van der Waals surface area contributed by atoms with E-state index in [-0.39, 0.29) is 18.0 Å². The fraction of sp³-hybridized carbons (Fsp3) is 0.389. The Balaban J connectivity index is 1.78. The van der Waals surface area contributed by atoms with Gasteiger partial charge in [0.2, 0.25) is 5.91 Å². The highest BCUT2D eigenvalue weighted by molar-refractivity contribution is 5.76. The van der Waals surface area contributed by atoms with Crippen molar-refractivity contribution in [1.82, 2.24) is 19.6 Å². The van der Waals surface area contributed by atoms with Crippen LogP contribution in [-0.2, 0) is 11.3 Å². The van der Waals surface area contributed by atoms with Crippen molar-refractivity contribution in [2.24, 2.45) is 0 Å². The lowest BCUT2D eigenvalue weighted by atomic mass is 10.1. The van der Waals surface area contributed by atoms with Gasteiger partial charge in [-0.1, -0.05) is 29.8 Å². The molecule has 0 atom stereocenters. The molecular formula is C18H22N4O2. The molecule has 3 rings (SSSR count). The predicted molar refractivity (Wildman–Crippen MR) is 92.7 cm³/mol. The molecule has 0 aliphatic carbocycles. The topological polar surface area (TPSA) is 58.4 Å². The van der Waals surface area contributed by atoms with Crippen LogP contribution in [0.4, 0.5) is 0 Å². The summed E-state index contributed by atoms with van der Waals surface area (Å²) in [5.41, 5.74) is 2.54. The van der Waals surface area contributed by atoms with Crippen molar-refractivity contribution >= 4 is 5.91 Å². The zero-order chi connectivity index (χ0) is 17.1. The molecule has 1 aliphatic heterocycles. The molecule has 6 nitrogen and oxygen atoms in total. The lowest BCUT2D eigenvalue weighted by Crippen LogP contribution is -2.48. The Morgan fingerprint density at radius 2 is 1.71 bits per heavy atom. The number of benzene rings is 1. The number of amides is 1. The summed E-state index contributed by atoms with van der Waals surface area (Å²) in [6.07, 6.45) is 0. The molecule has 1 aromatic heterocycles. The van der Waals surface area contributed by atoms with E-state index in [0.29, 0.717) is 18.8 Å². The molecule has 0 unspecified atom stereocenters. The quantitative estimate of drug-likeness (QED) is 0.844. The molecule has 0 N–H and O–H groups in total. The molecule has 24 heavy (non-hydrogen) atoms. The van der Waals surface area contributed by atoms with Gasteiger partial charge in [-0.05, 0) is 20.0 Å². The Kier molecular flexibility index (Phi) is 4.76. The summed E-state index contributed by atoms with van der Waals surface area (Å²) in [6.45, 7) is 5.12. The number of rotatable bonds is 3. The SMILES string of the molecule is Cc1ccc(-c2ccc(=O)n(CC(=O)N3CCN(C)CC3)n2)cc1. The Labute approximate surface area is 141 Å². The standard InChI is InChI=1S/C18H22N4O2/c1-14-3-5-15(6-4-14)16-7-8-17(23)22(19-16)13-18(24)21-11-9-20(2)10-12-21/h3-8H,9-13H2,1-2H3. The zero-order valence-corrected chi connectivity index (χ0v) is 14.1. The minimum absolute atomic E-state index is 0.0117. The number of aryl methyl sites for hydroxylation is 1. The maximum Gasteiger partial charge on any atom is 0.267 e. The molecule has 2 heterocycles. The third-order valence-corrected chi connectivity index (χ3v) is 4.35. The van der Waals surface area contributed by atoms with Crippen molar-refractivity contribution in [3.8, 4) is 11.3 Å². The molecular weight excluding hydrogens is 304 g/mol. The molecule has 126 valence electrons. The van der Waals surface area contributed by atoms with Crippen molar-refractivity contribution < 1.29 is 4.79 Å². The number of nitrogens with zero attached hydrogens (tertiary/aromatic N) is 4. The van der Waals surface area contributed by atoms with Gasteiger partial charge in [-0.15, -0.1) is 0 Å². The van der Waals surface area contributed by atoms with Crippen LogP contribution in [0.25, 0.3) is 11.3 Å². The maximum absolute atomic E-state index is 12.4. The Morgan fingerprint density at radius 3 is 2.38 bits per heavy atom. The van der Waals surface area contributed by atoms with E-state index in [1.165, 1.54) is 10.7 Å². The minimum atomic E-state index is -0.256. The minimum Gasteiger partial charge on any atom is -0.339 e. The van der Waals surface area contributed by atoms with Crippen LogP contribution in [0.15, 0.2) is 41.2 Å². The molecule has 1 saturated heterocycles. The van der Waals surface area contributed by atoms with E-state index in [1.54, 1.807) is 11.0 Å². The number of aromatic nitrogens is 2. The highest BCUT2D eigenvalue weighted by Gasteiger charge is 2.20. The summed E-state index contributed by atoms with van der Waals surface area (Å²) in [6, 6.07) is 11.1. The van der Waals surface area contributed by atoms with Crippen LogP contribution in [-0.4, -0.2) is 58.7 Å². The summed E-state index contributed by atoms with van der Waals surface area (Å²) in [5.74, 6) is -0.0567. The Bertz CT molecular complexity index is 774. The van der Waals surface area contributed by atoms with Gasteiger partial charge in [-0.2, -0.15) is 5.10 Å². The maximum atomic E-state index is 12.4. The second-order valence-corrected chi connectivity index (χ2v) is 6.26. The van der Waals surface area contributed by atoms with E-state index < -0.39 is 0 Å². The molecule has 1 aliphatic rings. The number of hydrogen-bond donors (Lipinski definition) is 0. The predicted octanol–water partition coefficient (Wildman–Crippen LogP) is 0.993. The first-order chi connectivity index (χ1) is 11.5. The van der Waals surface area contributed by atoms with Crippen LogP contribution in [0.5, 0.6) is 0 Å². The zero-order valence-electron chi connectivity index (χ0n) is 14.1. The number of hydrogen-bond acceptors (Lipinski definition) is 4. The smallest absolute Gasteiger partial charge is 0.267 e. The average Bonchev–Trinajstić information content (AvgIpc) is 2.58. The van der Waals surface area contributed by atoms with E-state index >= 15 is 0 Å². The summed E-state index contributed by atoms with van der Waals surface area (Å²) in [5, 5.41) is 4.37. The van der Waals surface area contributed by atoms with Crippen LogP contribution in [0.2, 0.25) is 0 Å². The highest BCUT2D eigenvalue weighted by Crippen LogP contribution is 2.15.